The third kappa shape index (κ3) is 2.46. The molecule has 0 aromatic heterocycles. The Morgan fingerprint density at radius 3 is 2.00 bits per heavy atom. The fraction of sp³-hybridized carbons (Fsp3) is 0.538. The summed E-state index contributed by atoms with van der Waals surface area (Å²) in [7, 11) is -3.09. The third-order valence-corrected chi connectivity index (χ3v) is 5.59. The topological polar surface area (TPSA) is 34.1 Å². The predicted octanol–water partition coefficient (Wildman–Crippen LogP) is 3.18. The minimum Gasteiger partial charge on any atom is -0.223 e. The molecule has 1 aliphatic carbocycles. The van der Waals surface area contributed by atoms with Crippen molar-refractivity contribution in [2.75, 3.05) is 0 Å². The maximum Gasteiger partial charge on any atom is 0.181 e. The van der Waals surface area contributed by atoms with Crippen LogP contribution in [0.4, 0.5) is 0 Å². The highest BCUT2D eigenvalue weighted by molar-refractivity contribution is 7.92. The number of sulfone groups is 1. The molecule has 0 saturated heterocycles. The molecule has 0 spiro atoms. The van der Waals surface area contributed by atoms with Gasteiger partial charge in [-0.25, -0.2) is 8.42 Å². The van der Waals surface area contributed by atoms with E-state index in [0.717, 1.165) is 25.7 Å². The lowest BCUT2D eigenvalue weighted by Gasteiger charge is -2.14. The summed E-state index contributed by atoms with van der Waals surface area (Å²) in [5, 5.41) is -0.155. The smallest absolute Gasteiger partial charge is 0.181 e. The van der Waals surface area contributed by atoms with Gasteiger partial charge in [0.1, 0.15) is 0 Å². The first-order chi connectivity index (χ1) is 7.71. The molecule has 1 aromatic carbocycles. The zero-order valence-electron chi connectivity index (χ0n) is 9.43. The van der Waals surface area contributed by atoms with Crippen LogP contribution in [0.3, 0.4) is 0 Å². The summed E-state index contributed by atoms with van der Waals surface area (Å²) in [6.07, 6.45) is 6.13. The summed E-state index contributed by atoms with van der Waals surface area (Å²) in [4.78, 5) is 0.488. The van der Waals surface area contributed by atoms with Crippen molar-refractivity contribution in [1.29, 1.82) is 0 Å². The van der Waals surface area contributed by atoms with Gasteiger partial charge in [0.05, 0.1) is 10.1 Å². The van der Waals surface area contributed by atoms with Gasteiger partial charge < -0.3 is 0 Å². The van der Waals surface area contributed by atoms with Crippen LogP contribution in [0.1, 0.15) is 38.5 Å². The Hall–Kier alpha value is -0.830. The predicted molar refractivity (Wildman–Crippen MR) is 65.1 cm³/mol. The average Bonchev–Trinajstić information content (AvgIpc) is 2.59. The lowest BCUT2D eigenvalue weighted by Crippen LogP contribution is -2.20. The molecule has 1 aromatic rings. The summed E-state index contributed by atoms with van der Waals surface area (Å²) in [6, 6.07) is 8.86. The second kappa shape index (κ2) is 5.00. The van der Waals surface area contributed by atoms with E-state index in [2.05, 4.69) is 0 Å². The lowest BCUT2D eigenvalue weighted by atomic mass is 10.2. The second-order valence-corrected chi connectivity index (χ2v) is 6.70. The van der Waals surface area contributed by atoms with Gasteiger partial charge in [0.15, 0.2) is 9.84 Å². The van der Waals surface area contributed by atoms with Crippen molar-refractivity contribution >= 4 is 9.84 Å². The Labute approximate surface area is 97.6 Å². The Morgan fingerprint density at radius 2 is 1.44 bits per heavy atom. The van der Waals surface area contributed by atoms with Crippen LogP contribution in [0.2, 0.25) is 0 Å². The monoisotopic (exact) mass is 238 g/mol. The number of hydrogen-bond acceptors (Lipinski definition) is 2. The van der Waals surface area contributed by atoms with Crippen molar-refractivity contribution in [3.63, 3.8) is 0 Å². The number of hydrogen-bond donors (Lipinski definition) is 0. The zero-order valence-corrected chi connectivity index (χ0v) is 10.2. The van der Waals surface area contributed by atoms with E-state index in [9.17, 15) is 8.42 Å². The van der Waals surface area contributed by atoms with Crippen molar-refractivity contribution in [2.45, 2.75) is 48.7 Å². The van der Waals surface area contributed by atoms with Crippen LogP contribution >= 0.6 is 0 Å². The quantitative estimate of drug-likeness (QED) is 0.742. The van der Waals surface area contributed by atoms with Gasteiger partial charge in [-0.2, -0.15) is 0 Å². The van der Waals surface area contributed by atoms with Crippen molar-refractivity contribution < 1.29 is 8.42 Å². The molecule has 2 rings (SSSR count). The van der Waals surface area contributed by atoms with Gasteiger partial charge in [-0.05, 0) is 25.0 Å². The SMILES string of the molecule is O=S(=O)(c1ccccc1)C1CCCCCC1. The van der Waals surface area contributed by atoms with E-state index >= 15 is 0 Å². The molecule has 2 nitrogen and oxygen atoms in total. The van der Waals surface area contributed by atoms with Crippen LogP contribution in [-0.2, 0) is 9.84 Å². The summed E-state index contributed by atoms with van der Waals surface area (Å²) >= 11 is 0. The van der Waals surface area contributed by atoms with Crippen LogP contribution in [0.5, 0.6) is 0 Å². The summed E-state index contributed by atoms with van der Waals surface area (Å²) in [5.74, 6) is 0. The van der Waals surface area contributed by atoms with Crippen LogP contribution < -0.4 is 0 Å². The Balaban J connectivity index is 2.24. The molecule has 1 fully saturated rings. The second-order valence-electron chi connectivity index (χ2n) is 4.47. The van der Waals surface area contributed by atoms with E-state index in [4.69, 9.17) is 0 Å². The number of benzene rings is 1. The van der Waals surface area contributed by atoms with Crippen molar-refractivity contribution in [3.8, 4) is 0 Å². The highest BCUT2D eigenvalue weighted by atomic mass is 32.2. The van der Waals surface area contributed by atoms with Crippen LogP contribution in [-0.4, -0.2) is 13.7 Å². The lowest BCUT2D eigenvalue weighted by molar-refractivity contribution is 0.563. The first-order valence-electron chi connectivity index (χ1n) is 6.00. The molecule has 0 atom stereocenters. The zero-order chi connectivity index (χ0) is 11.4. The molecular weight excluding hydrogens is 220 g/mol. The van der Waals surface area contributed by atoms with E-state index in [1.807, 2.05) is 6.07 Å². The van der Waals surface area contributed by atoms with Gasteiger partial charge in [0.25, 0.3) is 0 Å². The molecule has 0 radical (unpaired) electrons. The molecule has 0 unspecified atom stereocenters. The summed E-state index contributed by atoms with van der Waals surface area (Å²) in [6.45, 7) is 0. The largest absolute Gasteiger partial charge is 0.223 e. The van der Waals surface area contributed by atoms with Gasteiger partial charge in [0, 0.05) is 0 Å². The van der Waals surface area contributed by atoms with Gasteiger partial charge in [-0.3, -0.25) is 0 Å². The maximum atomic E-state index is 12.3. The molecule has 0 N–H and O–H groups in total. The minimum atomic E-state index is -3.09. The molecule has 1 saturated carbocycles. The van der Waals surface area contributed by atoms with E-state index in [0.29, 0.717) is 4.90 Å². The van der Waals surface area contributed by atoms with Gasteiger partial charge in [0.2, 0.25) is 0 Å². The van der Waals surface area contributed by atoms with Crippen molar-refractivity contribution in [1.82, 2.24) is 0 Å². The van der Waals surface area contributed by atoms with Crippen LogP contribution in [0.25, 0.3) is 0 Å². The molecule has 0 aliphatic heterocycles. The number of rotatable bonds is 2. The molecule has 3 heteroatoms. The van der Waals surface area contributed by atoms with E-state index in [1.165, 1.54) is 12.8 Å². The highest BCUT2D eigenvalue weighted by Crippen LogP contribution is 2.27. The minimum absolute atomic E-state index is 0.155. The first kappa shape index (κ1) is 11.6. The van der Waals surface area contributed by atoms with Gasteiger partial charge in [-0.15, -0.1) is 0 Å². The van der Waals surface area contributed by atoms with Crippen molar-refractivity contribution in [3.05, 3.63) is 30.3 Å². The molecule has 16 heavy (non-hydrogen) atoms. The molecule has 0 heterocycles. The van der Waals surface area contributed by atoms with Gasteiger partial charge in [-0.1, -0.05) is 43.9 Å². The normalized spacial score (nSPS) is 19.2. The van der Waals surface area contributed by atoms with Crippen LogP contribution in [0, 0.1) is 0 Å². The van der Waals surface area contributed by atoms with Crippen molar-refractivity contribution in [2.24, 2.45) is 0 Å². The average molecular weight is 238 g/mol. The molecule has 88 valence electrons. The Morgan fingerprint density at radius 1 is 0.875 bits per heavy atom. The Bertz CT molecular complexity index is 415. The summed E-state index contributed by atoms with van der Waals surface area (Å²) in [5.41, 5.74) is 0. The molecule has 0 bridgehead atoms. The maximum absolute atomic E-state index is 12.3. The van der Waals surface area contributed by atoms with Crippen LogP contribution in [0.15, 0.2) is 35.2 Å². The fourth-order valence-corrected chi connectivity index (χ4v) is 4.23. The van der Waals surface area contributed by atoms with E-state index in [-0.39, 0.29) is 5.25 Å². The molecule has 1 aliphatic rings. The molecular formula is C13H18O2S. The van der Waals surface area contributed by atoms with E-state index in [1.54, 1.807) is 24.3 Å². The first-order valence-corrected chi connectivity index (χ1v) is 7.55. The van der Waals surface area contributed by atoms with Gasteiger partial charge >= 0.3 is 0 Å². The van der Waals surface area contributed by atoms with E-state index < -0.39 is 9.84 Å². The summed E-state index contributed by atoms with van der Waals surface area (Å²) < 4.78 is 24.7. The Kier molecular flexibility index (Phi) is 3.64. The standard InChI is InChI=1S/C13H18O2S/c14-16(15,13-10-6-3-7-11-13)12-8-4-1-2-5-9-12/h3,6-7,10-12H,1-2,4-5,8-9H2. The third-order valence-electron chi connectivity index (χ3n) is 3.31. The fourth-order valence-electron chi connectivity index (χ4n) is 2.35. The molecule has 0 amide bonds. The highest BCUT2D eigenvalue weighted by Gasteiger charge is 2.27.